The highest BCUT2D eigenvalue weighted by atomic mass is 79.9. The fourth-order valence-corrected chi connectivity index (χ4v) is 4.47. The second-order valence-electron chi connectivity index (χ2n) is 7.36. The zero-order valence-corrected chi connectivity index (χ0v) is 17.4. The van der Waals surface area contributed by atoms with Gasteiger partial charge in [-0.3, -0.25) is 9.78 Å². The van der Waals surface area contributed by atoms with E-state index in [0.717, 1.165) is 21.2 Å². The molecule has 0 unspecified atom stereocenters. The molecule has 0 spiro atoms. The van der Waals surface area contributed by atoms with E-state index in [1.165, 1.54) is 0 Å². The minimum absolute atomic E-state index is 0.0543. The number of pyridine rings is 1. The van der Waals surface area contributed by atoms with Gasteiger partial charge in [0.25, 0.3) is 0 Å². The van der Waals surface area contributed by atoms with E-state index >= 15 is 0 Å². The predicted molar refractivity (Wildman–Crippen MR) is 115 cm³/mol. The standard InChI is InChI=1S/C23H22BrN3O2/c24-18-5-1-4-17(11-18)20-12-21(29)27(14-15-3-2-10-26-13-15)23(22(20)25)16-6-8-19(28)9-7-16/h1-11,13,20,22-23,28H,12,14,25H2/t20-,22-,23+/m0/s1. The average Bonchev–Trinajstić information content (AvgIpc) is 2.72. The number of likely N-dealkylation sites (tertiary alicyclic amines) is 1. The van der Waals surface area contributed by atoms with Gasteiger partial charge in [-0.25, -0.2) is 0 Å². The highest BCUT2D eigenvalue weighted by Gasteiger charge is 2.41. The lowest BCUT2D eigenvalue weighted by molar-refractivity contribution is -0.139. The van der Waals surface area contributed by atoms with Gasteiger partial charge in [-0.05, 0) is 47.0 Å². The molecule has 0 radical (unpaired) electrons. The maximum atomic E-state index is 13.3. The second kappa shape index (κ2) is 8.35. The SMILES string of the molecule is N[C@@H]1[C@@H](c2ccc(O)cc2)N(Cc2cccnc2)C(=O)C[C@H]1c1cccc(Br)c1. The minimum atomic E-state index is -0.305. The highest BCUT2D eigenvalue weighted by molar-refractivity contribution is 9.10. The Morgan fingerprint density at radius 2 is 1.90 bits per heavy atom. The number of hydrogen-bond acceptors (Lipinski definition) is 4. The number of phenolic OH excluding ortho intramolecular Hbond substituents is 1. The van der Waals surface area contributed by atoms with Crippen LogP contribution in [0.2, 0.25) is 0 Å². The summed E-state index contributed by atoms with van der Waals surface area (Å²) in [5.74, 6) is 0.148. The van der Waals surface area contributed by atoms with Crippen molar-refractivity contribution in [2.45, 2.75) is 31.0 Å². The third kappa shape index (κ3) is 4.18. The number of halogens is 1. The molecule has 2 aromatic carbocycles. The van der Waals surface area contributed by atoms with Gasteiger partial charge in [0.1, 0.15) is 5.75 Å². The molecule has 1 saturated heterocycles. The van der Waals surface area contributed by atoms with Gasteiger partial charge in [0.15, 0.2) is 0 Å². The molecule has 148 valence electrons. The molecule has 5 nitrogen and oxygen atoms in total. The Morgan fingerprint density at radius 1 is 1.10 bits per heavy atom. The van der Waals surface area contributed by atoms with Crippen molar-refractivity contribution in [2.75, 3.05) is 0 Å². The molecule has 1 aromatic heterocycles. The van der Waals surface area contributed by atoms with Gasteiger partial charge < -0.3 is 15.7 Å². The van der Waals surface area contributed by atoms with Crippen LogP contribution in [0.4, 0.5) is 0 Å². The molecular formula is C23H22BrN3O2. The number of aromatic nitrogens is 1. The Kier molecular flexibility index (Phi) is 5.65. The van der Waals surface area contributed by atoms with E-state index < -0.39 is 0 Å². The number of carbonyl (C=O) groups excluding carboxylic acids is 1. The summed E-state index contributed by atoms with van der Waals surface area (Å²) in [6.45, 7) is 0.442. The van der Waals surface area contributed by atoms with E-state index in [1.54, 1.807) is 24.5 Å². The van der Waals surface area contributed by atoms with Crippen LogP contribution in [0.3, 0.4) is 0 Å². The van der Waals surface area contributed by atoms with E-state index in [-0.39, 0.29) is 29.7 Å². The maximum Gasteiger partial charge on any atom is 0.224 e. The molecule has 2 heterocycles. The lowest BCUT2D eigenvalue weighted by Gasteiger charge is -2.44. The second-order valence-corrected chi connectivity index (χ2v) is 8.28. The van der Waals surface area contributed by atoms with Crippen molar-refractivity contribution in [2.24, 2.45) is 5.73 Å². The van der Waals surface area contributed by atoms with Crippen molar-refractivity contribution in [3.05, 3.63) is 94.2 Å². The van der Waals surface area contributed by atoms with Gasteiger partial charge in [-0.2, -0.15) is 0 Å². The van der Waals surface area contributed by atoms with Crippen LogP contribution in [0, 0.1) is 0 Å². The largest absolute Gasteiger partial charge is 0.508 e. The van der Waals surface area contributed by atoms with Crippen LogP contribution in [0.15, 0.2) is 77.5 Å². The highest BCUT2D eigenvalue weighted by Crippen LogP contribution is 2.40. The molecule has 6 heteroatoms. The Labute approximate surface area is 178 Å². The van der Waals surface area contributed by atoms with Crippen LogP contribution in [0.1, 0.15) is 35.1 Å². The fourth-order valence-electron chi connectivity index (χ4n) is 4.05. The summed E-state index contributed by atoms with van der Waals surface area (Å²) in [5, 5.41) is 9.71. The zero-order valence-electron chi connectivity index (χ0n) is 15.8. The van der Waals surface area contributed by atoms with Gasteiger partial charge >= 0.3 is 0 Å². The molecular weight excluding hydrogens is 430 g/mol. The molecule has 1 aliphatic rings. The van der Waals surface area contributed by atoms with Gasteiger partial charge in [0, 0.05) is 41.8 Å². The van der Waals surface area contributed by atoms with E-state index in [2.05, 4.69) is 20.9 Å². The smallest absolute Gasteiger partial charge is 0.224 e. The van der Waals surface area contributed by atoms with E-state index in [4.69, 9.17) is 5.73 Å². The average molecular weight is 452 g/mol. The molecule has 3 N–H and O–H groups in total. The van der Waals surface area contributed by atoms with Crippen molar-refractivity contribution in [1.29, 1.82) is 0 Å². The van der Waals surface area contributed by atoms with Crippen LogP contribution >= 0.6 is 15.9 Å². The summed E-state index contributed by atoms with van der Waals surface area (Å²) in [5.41, 5.74) is 9.71. The molecule has 1 fully saturated rings. The quantitative estimate of drug-likeness (QED) is 0.624. The number of amides is 1. The maximum absolute atomic E-state index is 13.3. The number of aromatic hydroxyl groups is 1. The molecule has 0 aliphatic carbocycles. The van der Waals surface area contributed by atoms with Crippen molar-refractivity contribution in [3.8, 4) is 5.75 Å². The van der Waals surface area contributed by atoms with E-state index in [0.29, 0.717) is 13.0 Å². The molecule has 1 amide bonds. The molecule has 29 heavy (non-hydrogen) atoms. The predicted octanol–water partition coefficient (Wildman–Crippen LogP) is 4.13. The number of carbonyl (C=O) groups is 1. The first-order valence-corrected chi connectivity index (χ1v) is 10.3. The summed E-state index contributed by atoms with van der Waals surface area (Å²) in [7, 11) is 0. The first kappa shape index (κ1) is 19.6. The van der Waals surface area contributed by atoms with Crippen molar-refractivity contribution in [1.82, 2.24) is 9.88 Å². The first-order valence-electron chi connectivity index (χ1n) is 9.51. The summed E-state index contributed by atoms with van der Waals surface area (Å²) in [6.07, 6.45) is 3.84. The third-order valence-corrected chi connectivity index (χ3v) is 5.96. The minimum Gasteiger partial charge on any atom is -0.508 e. The van der Waals surface area contributed by atoms with Gasteiger partial charge in [0.05, 0.1) is 6.04 Å². The first-order chi connectivity index (χ1) is 14.0. The summed E-state index contributed by atoms with van der Waals surface area (Å²) in [6, 6.07) is 18.2. The normalized spacial score (nSPS) is 21.9. The van der Waals surface area contributed by atoms with Crippen molar-refractivity contribution < 1.29 is 9.90 Å². The number of nitrogens with zero attached hydrogens (tertiary/aromatic N) is 2. The van der Waals surface area contributed by atoms with Crippen LogP contribution < -0.4 is 5.73 Å². The third-order valence-electron chi connectivity index (χ3n) is 5.47. The van der Waals surface area contributed by atoms with Gasteiger partial charge in [0.2, 0.25) is 5.91 Å². The lowest BCUT2D eigenvalue weighted by atomic mass is 9.78. The molecule has 3 aromatic rings. The van der Waals surface area contributed by atoms with Crippen LogP contribution in [0.25, 0.3) is 0 Å². The van der Waals surface area contributed by atoms with Crippen LogP contribution in [-0.2, 0) is 11.3 Å². The monoisotopic (exact) mass is 451 g/mol. The van der Waals surface area contributed by atoms with Gasteiger partial charge in [-0.1, -0.05) is 46.3 Å². The Hall–Kier alpha value is -2.70. The molecule has 4 rings (SSSR count). The Morgan fingerprint density at radius 3 is 2.59 bits per heavy atom. The number of benzene rings is 2. The number of piperidine rings is 1. The Bertz CT molecular complexity index is 995. The Balaban J connectivity index is 1.73. The number of phenols is 1. The van der Waals surface area contributed by atoms with Crippen LogP contribution in [0.5, 0.6) is 5.75 Å². The fraction of sp³-hybridized carbons (Fsp3) is 0.217. The number of hydrogen-bond donors (Lipinski definition) is 2. The number of nitrogens with two attached hydrogens (primary N) is 1. The molecule has 3 atom stereocenters. The topological polar surface area (TPSA) is 79.5 Å². The summed E-state index contributed by atoms with van der Waals surface area (Å²) >= 11 is 3.52. The summed E-state index contributed by atoms with van der Waals surface area (Å²) < 4.78 is 0.966. The molecule has 0 bridgehead atoms. The van der Waals surface area contributed by atoms with Gasteiger partial charge in [-0.15, -0.1) is 0 Å². The lowest BCUT2D eigenvalue weighted by Crippen LogP contribution is -2.52. The summed E-state index contributed by atoms with van der Waals surface area (Å²) in [4.78, 5) is 19.3. The van der Waals surface area contributed by atoms with E-state index in [9.17, 15) is 9.90 Å². The molecule has 0 saturated carbocycles. The van der Waals surface area contributed by atoms with Crippen LogP contribution in [-0.4, -0.2) is 26.9 Å². The zero-order chi connectivity index (χ0) is 20.4. The number of rotatable bonds is 4. The van der Waals surface area contributed by atoms with Crippen molar-refractivity contribution >= 4 is 21.8 Å². The molecule has 1 aliphatic heterocycles. The van der Waals surface area contributed by atoms with Crippen molar-refractivity contribution in [3.63, 3.8) is 0 Å². The van der Waals surface area contributed by atoms with E-state index in [1.807, 2.05) is 53.4 Å².